The molecule has 0 saturated carbocycles. The minimum Gasteiger partial charge on any atom is -0.497 e. The molecule has 1 saturated heterocycles. The van der Waals surface area contributed by atoms with Gasteiger partial charge in [0.05, 0.1) is 33.1 Å². The number of aliphatic hydroxyl groups excluding tert-OH is 1. The Morgan fingerprint density at radius 3 is 2.54 bits per heavy atom. The second-order valence-electron chi connectivity index (χ2n) is 9.29. The number of hydrogen-bond donors (Lipinski definition) is 1. The van der Waals surface area contributed by atoms with Crippen molar-refractivity contribution >= 4 is 33.1 Å². The topological polar surface area (TPSA) is 101 Å². The molecule has 1 aliphatic heterocycles. The molecular weight excluding hydrogens is 587 g/mol. The van der Waals surface area contributed by atoms with E-state index in [0.717, 1.165) is 12.1 Å². The number of methoxy groups -OCH3 is 2. The first-order valence-electron chi connectivity index (χ1n) is 12.5. The molecule has 14 heteroatoms. The van der Waals surface area contributed by atoms with Gasteiger partial charge in [-0.05, 0) is 37.6 Å². The molecule has 9 nitrogen and oxygen atoms in total. The predicted octanol–water partition coefficient (Wildman–Crippen LogP) is 4.54. The van der Waals surface area contributed by atoms with Crippen LogP contribution in [-0.4, -0.2) is 64.6 Å². The molecule has 0 amide bonds. The molecule has 1 unspecified atom stereocenters. The van der Waals surface area contributed by atoms with Crippen LogP contribution in [0.4, 0.5) is 24.7 Å². The van der Waals surface area contributed by atoms with Crippen LogP contribution >= 0.6 is 11.6 Å². The summed E-state index contributed by atoms with van der Waals surface area (Å²) in [5, 5.41) is 9.22. The largest absolute Gasteiger partial charge is 0.497 e. The zero-order valence-electron chi connectivity index (χ0n) is 22.5. The molecular formula is C27H29ClF3N3O6S. The van der Waals surface area contributed by atoms with Gasteiger partial charge in [0.2, 0.25) is 5.95 Å². The highest BCUT2D eigenvalue weighted by molar-refractivity contribution is 7.92. The van der Waals surface area contributed by atoms with Crippen molar-refractivity contribution in [2.75, 3.05) is 49.7 Å². The molecule has 0 aliphatic carbocycles. The fraction of sp³-hybridized carbons (Fsp3) is 0.370. The molecule has 0 radical (unpaired) electrons. The quantitative estimate of drug-likeness (QED) is 0.248. The van der Waals surface area contributed by atoms with Crippen LogP contribution in [-0.2, 0) is 21.3 Å². The molecule has 2 aromatic carbocycles. The van der Waals surface area contributed by atoms with Gasteiger partial charge in [-0.15, -0.1) is 0 Å². The van der Waals surface area contributed by atoms with Gasteiger partial charge in [0, 0.05) is 37.4 Å². The highest BCUT2D eigenvalue weighted by atomic mass is 35.5. The van der Waals surface area contributed by atoms with Gasteiger partial charge >= 0.3 is 0 Å². The Balaban J connectivity index is 1.81. The van der Waals surface area contributed by atoms with E-state index in [0.29, 0.717) is 23.1 Å². The summed E-state index contributed by atoms with van der Waals surface area (Å²) < 4.78 is 90.2. The third-order valence-electron chi connectivity index (χ3n) is 6.81. The van der Waals surface area contributed by atoms with Gasteiger partial charge in [0.1, 0.15) is 33.8 Å². The lowest BCUT2D eigenvalue weighted by molar-refractivity contribution is -0.0587. The van der Waals surface area contributed by atoms with Crippen molar-refractivity contribution in [3.63, 3.8) is 0 Å². The number of aliphatic hydroxyl groups is 1. The summed E-state index contributed by atoms with van der Waals surface area (Å²) in [7, 11) is -2.28. The number of pyridine rings is 1. The number of ether oxygens (including phenoxy) is 3. The normalized spacial score (nSPS) is 17.1. The van der Waals surface area contributed by atoms with Crippen molar-refractivity contribution in [2.45, 2.75) is 30.4 Å². The number of benzene rings is 2. The third-order valence-corrected chi connectivity index (χ3v) is 8.95. The first kappa shape index (κ1) is 30.7. The molecule has 1 fully saturated rings. The van der Waals surface area contributed by atoms with Crippen molar-refractivity contribution < 1.29 is 40.9 Å². The predicted molar refractivity (Wildman–Crippen MR) is 147 cm³/mol. The maximum absolute atomic E-state index is 15.8. The highest BCUT2D eigenvalue weighted by Crippen LogP contribution is 2.40. The first-order valence-corrected chi connectivity index (χ1v) is 14.4. The van der Waals surface area contributed by atoms with Gasteiger partial charge in [0.15, 0.2) is 10.7 Å². The number of nitrogens with zero attached hydrogens (tertiary/aromatic N) is 3. The van der Waals surface area contributed by atoms with E-state index in [9.17, 15) is 17.9 Å². The van der Waals surface area contributed by atoms with E-state index in [2.05, 4.69) is 4.98 Å². The van der Waals surface area contributed by atoms with E-state index in [4.69, 9.17) is 25.8 Å². The van der Waals surface area contributed by atoms with Crippen molar-refractivity contribution in [3.05, 3.63) is 70.6 Å². The summed E-state index contributed by atoms with van der Waals surface area (Å²) >= 11 is 6.31. The molecule has 41 heavy (non-hydrogen) atoms. The SMILES string of the molecule is CCOC1(CO)CCN(c2cc(F)c(S(=O)(=O)N(Cc3ccc(OC)cc3OC)c3cccc(F)n3)c(F)c2Cl)C1. The van der Waals surface area contributed by atoms with E-state index < -0.39 is 55.5 Å². The van der Waals surface area contributed by atoms with Gasteiger partial charge in [-0.1, -0.05) is 17.7 Å². The number of anilines is 2. The van der Waals surface area contributed by atoms with Crippen molar-refractivity contribution in [3.8, 4) is 11.5 Å². The molecule has 0 bridgehead atoms. The fourth-order valence-corrected chi connectivity index (χ4v) is 6.59. The van der Waals surface area contributed by atoms with Crippen LogP contribution in [0.3, 0.4) is 0 Å². The number of hydrogen-bond acceptors (Lipinski definition) is 8. The Kier molecular flexibility index (Phi) is 9.22. The monoisotopic (exact) mass is 615 g/mol. The maximum Gasteiger partial charge on any atom is 0.271 e. The Bertz CT molecular complexity index is 1530. The van der Waals surface area contributed by atoms with Crippen molar-refractivity contribution in [1.82, 2.24) is 4.98 Å². The second kappa shape index (κ2) is 12.3. The fourth-order valence-electron chi connectivity index (χ4n) is 4.75. The molecule has 1 N–H and O–H groups in total. The summed E-state index contributed by atoms with van der Waals surface area (Å²) in [6, 6.07) is 8.77. The Labute approximate surface area is 241 Å². The summed E-state index contributed by atoms with van der Waals surface area (Å²) in [6.07, 6.45) is 0.361. The summed E-state index contributed by atoms with van der Waals surface area (Å²) in [6.45, 7) is 1.55. The average molecular weight is 616 g/mol. The number of aromatic nitrogens is 1. The molecule has 1 aliphatic rings. The van der Waals surface area contributed by atoms with Crippen molar-refractivity contribution in [2.24, 2.45) is 0 Å². The number of sulfonamides is 1. The lowest BCUT2D eigenvalue weighted by Gasteiger charge is -2.29. The van der Waals surface area contributed by atoms with E-state index in [1.807, 2.05) is 0 Å². The maximum atomic E-state index is 15.8. The third kappa shape index (κ3) is 6.03. The number of rotatable bonds is 11. The lowest BCUT2D eigenvalue weighted by atomic mass is 10.1. The molecule has 222 valence electrons. The summed E-state index contributed by atoms with van der Waals surface area (Å²) in [5.74, 6) is -3.74. The molecule has 1 aromatic heterocycles. The minimum absolute atomic E-state index is 0.0820. The van der Waals surface area contributed by atoms with Gasteiger partial charge in [0.25, 0.3) is 10.0 Å². The Hall–Kier alpha value is -3.26. The summed E-state index contributed by atoms with van der Waals surface area (Å²) in [4.78, 5) is 3.83. The zero-order valence-corrected chi connectivity index (χ0v) is 24.1. The molecule has 2 heterocycles. The summed E-state index contributed by atoms with van der Waals surface area (Å²) in [5.41, 5.74) is -0.768. The minimum atomic E-state index is -5.07. The van der Waals surface area contributed by atoms with Crippen LogP contribution in [0.2, 0.25) is 5.02 Å². The van der Waals surface area contributed by atoms with Gasteiger partial charge in [-0.2, -0.15) is 4.39 Å². The van der Waals surface area contributed by atoms with Crippen LogP contribution < -0.4 is 18.7 Å². The Morgan fingerprint density at radius 2 is 1.90 bits per heavy atom. The van der Waals surface area contributed by atoms with Crippen LogP contribution in [0.15, 0.2) is 47.4 Å². The molecule has 4 rings (SSSR count). The van der Waals surface area contributed by atoms with Crippen LogP contribution in [0.5, 0.6) is 11.5 Å². The van der Waals surface area contributed by atoms with Gasteiger partial charge in [-0.25, -0.2) is 26.5 Å². The molecule has 3 aromatic rings. The van der Waals surface area contributed by atoms with E-state index in [1.54, 1.807) is 13.0 Å². The standard InChI is InChI=1S/C27H29ClF3N3O6S/c1-4-40-27(16-35)10-11-33(15-27)20-13-19(29)26(25(31)24(20)28)41(36,37)34(23-7-5-6-22(30)32-23)14-17-8-9-18(38-2)12-21(17)39-3/h5-9,12-13,35H,4,10-11,14-16H2,1-3H3. The van der Waals surface area contributed by atoms with Crippen LogP contribution in [0.1, 0.15) is 18.9 Å². The lowest BCUT2D eigenvalue weighted by Crippen LogP contribution is -2.40. The van der Waals surface area contributed by atoms with Crippen LogP contribution in [0, 0.1) is 17.6 Å². The van der Waals surface area contributed by atoms with Gasteiger partial charge < -0.3 is 24.2 Å². The first-order chi connectivity index (χ1) is 19.5. The second-order valence-corrected chi connectivity index (χ2v) is 11.5. The smallest absolute Gasteiger partial charge is 0.271 e. The molecule has 1 atom stereocenters. The zero-order chi connectivity index (χ0) is 29.9. The average Bonchev–Trinajstić information content (AvgIpc) is 3.37. The van der Waals surface area contributed by atoms with E-state index in [1.165, 1.54) is 43.4 Å². The van der Waals surface area contributed by atoms with Crippen LogP contribution in [0.25, 0.3) is 0 Å². The van der Waals surface area contributed by atoms with E-state index >= 15 is 8.78 Å². The highest BCUT2D eigenvalue weighted by Gasteiger charge is 2.41. The Morgan fingerprint density at radius 1 is 1.15 bits per heavy atom. The molecule has 0 spiro atoms. The van der Waals surface area contributed by atoms with Crippen molar-refractivity contribution in [1.29, 1.82) is 0 Å². The number of halogens is 4. The van der Waals surface area contributed by atoms with Gasteiger partial charge in [-0.3, -0.25) is 0 Å². The van der Waals surface area contributed by atoms with E-state index in [-0.39, 0.29) is 36.7 Å².